The molecule has 0 amide bonds. The highest BCUT2D eigenvalue weighted by Crippen LogP contribution is 2.14. The molecular formula is C11H25NS. The average Bonchev–Trinajstić information content (AvgIpc) is 2.11. The number of rotatable bonds is 9. The molecule has 0 saturated carbocycles. The van der Waals surface area contributed by atoms with Gasteiger partial charge in [-0.1, -0.05) is 39.5 Å². The highest BCUT2D eigenvalue weighted by atomic mass is 32.2. The van der Waals surface area contributed by atoms with E-state index >= 15 is 0 Å². The van der Waals surface area contributed by atoms with Crippen LogP contribution < -0.4 is 5.73 Å². The van der Waals surface area contributed by atoms with Crippen LogP contribution in [0.25, 0.3) is 0 Å². The third kappa shape index (κ3) is 10.2. The first-order valence-electron chi connectivity index (χ1n) is 5.59. The molecule has 0 aromatic rings. The van der Waals surface area contributed by atoms with Crippen molar-refractivity contribution in [3.8, 4) is 0 Å². The van der Waals surface area contributed by atoms with Crippen LogP contribution in [-0.2, 0) is 0 Å². The lowest BCUT2D eigenvalue weighted by Crippen LogP contribution is -2.02. The molecule has 0 saturated heterocycles. The minimum Gasteiger partial charge on any atom is -0.330 e. The van der Waals surface area contributed by atoms with E-state index in [-0.39, 0.29) is 0 Å². The number of nitrogens with two attached hydrogens (primary N) is 1. The Morgan fingerprint density at radius 3 is 2.54 bits per heavy atom. The standard InChI is InChI=1S/C11H25NS/c1-3-6-11(2)7-4-5-9-13-10-8-12/h11H,3-10,12H2,1-2H3. The summed E-state index contributed by atoms with van der Waals surface area (Å²) in [6, 6.07) is 0. The summed E-state index contributed by atoms with van der Waals surface area (Å²) in [5.74, 6) is 3.37. The van der Waals surface area contributed by atoms with Crippen molar-refractivity contribution in [3.63, 3.8) is 0 Å². The third-order valence-corrected chi connectivity index (χ3v) is 3.38. The van der Waals surface area contributed by atoms with Crippen LogP contribution in [0, 0.1) is 5.92 Å². The van der Waals surface area contributed by atoms with Gasteiger partial charge in [0.1, 0.15) is 0 Å². The van der Waals surface area contributed by atoms with E-state index in [1.165, 1.54) is 37.9 Å². The van der Waals surface area contributed by atoms with Crippen molar-refractivity contribution in [1.29, 1.82) is 0 Å². The first-order chi connectivity index (χ1) is 6.31. The van der Waals surface area contributed by atoms with Crippen molar-refractivity contribution < 1.29 is 0 Å². The zero-order valence-electron chi connectivity index (χ0n) is 9.22. The molecule has 2 heteroatoms. The maximum Gasteiger partial charge on any atom is 0.00558 e. The molecule has 0 spiro atoms. The predicted octanol–water partition coefficient (Wildman–Crippen LogP) is 3.28. The predicted molar refractivity (Wildman–Crippen MR) is 64.3 cm³/mol. The van der Waals surface area contributed by atoms with Crippen molar-refractivity contribution in [2.75, 3.05) is 18.1 Å². The molecule has 0 rings (SSSR count). The second-order valence-electron chi connectivity index (χ2n) is 3.79. The molecule has 13 heavy (non-hydrogen) atoms. The molecule has 80 valence electrons. The summed E-state index contributed by atoms with van der Waals surface area (Å²) in [6.45, 7) is 5.47. The normalized spacial score (nSPS) is 13.2. The van der Waals surface area contributed by atoms with Crippen molar-refractivity contribution in [2.45, 2.75) is 46.0 Å². The van der Waals surface area contributed by atoms with Crippen LogP contribution in [0.15, 0.2) is 0 Å². The molecular weight excluding hydrogens is 178 g/mol. The van der Waals surface area contributed by atoms with Gasteiger partial charge in [-0.05, 0) is 18.1 Å². The Morgan fingerprint density at radius 2 is 1.92 bits per heavy atom. The third-order valence-electron chi connectivity index (χ3n) is 2.28. The maximum atomic E-state index is 5.41. The zero-order valence-corrected chi connectivity index (χ0v) is 10.0. The highest BCUT2D eigenvalue weighted by Gasteiger charge is 1.99. The smallest absolute Gasteiger partial charge is 0.00558 e. The first kappa shape index (κ1) is 13.3. The van der Waals surface area contributed by atoms with Crippen molar-refractivity contribution >= 4 is 11.8 Å². The fraction of sp³-hybridized carbons (Fsp3) is 1.00. The minimum atomic E-state index is 0.830. The molecule has 0 heterocycles. The largest absolute Gasteiger partial charge is 0.330 e. The monoisotopic (exact) mass is 203 g/mol. The Kier molecular flexibility index (Phi) is 10.6. The average molecular weight is 203 g/mol. The first-order valence-corrected chi connectivity index (χ1v) is 6.74. The molecule has 0 aliphatic rings. The van der Waals surface area contributed by atoms with E-state index in [1.54, 1.807) is 0 Å². The van der Waals surface area contributed by atoms with Gasteiger partial charge in [0.05, 0.1) is 0 Å². The molecule has 1 atom stereocenters. The van der Waals surface area contributed by atoms with Gasteiger partial charge in [0.2, 0.25) is 0 Å². The van der Waals surface area contributed by atoms with E-state index in [1.807, 2.05) is 11.8 Å². The Hall–Kier alpha value is 0.310. The second kappa shape index (κ2) is 10.4. The number of unbranched alkanes of at least 4 members (excludes halogenated alkanes) is 1. The van der Waals surface area contributed by atoms with Gasteiger partial charge >= 0.3 is 0 Å². The molecule has 0 aromatic carbocycles. The van der Waals surface area contributed by atoms with Gasteiger partial charge in [0.25, 0.3) is 0 Å². The zero-order chi connectivity index (χ0) is 9.94. The van der Waals surface area contributed by atoms with Gasteiger partial charge in [-0.15, -0.1) is 0 Å². The van der Waals surface area contributed by atoms with Gasteiger partial charge in [-0.3, -0.25) is 0 Å². The van der Waals surface area contributed by atoms with E-state index in [2.05, 4.69) is 13.8 Å². The molecule has 1 nitrogen and oxygen atoms in total. The number of hydrogen-bond donors (Lipinski definition) is 1. The quantitative estimate of drug-likeness (QED) is 0.582. The summed E-state index contributed by atoms with van der Waals surface area (Å²) < 4.78 is 0. The summed E-state index contributed by atoms with van der Waals surface area (Å²) in [5, 5.41) is 0. The maximum absolute atomic E-state index is 5.41. The lowest BCUT2D eigenvalue weighted by atomic mass is 10.00. The fourth-order valence-corrected chi connectivity index (χ4v) is 2.30. The van der Waals surface area contributed by atoms with Crippen molar-refractivity contribution in [2.24, 2.45) is 11.7 Å². The summed E-state index contributed by atoms with van der Waals surface area (Å²) in [4.78, 5) is 0. The molecule has 0 fully saturated rings. The van der Waals surface area contributed by atoms with Crippen molar-refractivity contribution in [1.82, 2.24) is 0 Å². The summed E-state index contributed by atoms with van der Waals surface area (Å²) in [7, 11) is 0. The lowest BCUT2D eigenvalue weighted by Gasteiger charge is -2.08. The van der Waals surface area contributed by atoms with Crippen LogP contribution >= 0.6 is 11.8 Å². The van der Waals surface area contributed by atoms with E-state index < -0.39 is 0 Å². The van der Waals surface area contributed by atoms with Crippen LogP contribution in [-0.4, -0.2) is 18.1 Å². The summed E-state index contributed by atoms with van der Waals surface area (Å²) in [5.41, 5.74) is 5.41. The summed E-state index contributed by atoms with van der Waals surface area (Å²) in [6.07, 6.45) is 6.92. The fourth-order valence-electron chi connectivity index (χ4n) is 1.52. The van der Waals surface area contributed by atoms with Crippen LogP contribution in [0.3, 0.4) is 0 Å². The molecule has 0 aliphatic carbocycles. The Balaban J connectivity index is 2.97. The topological polar surface area (TPSA) is 26.0 Å². The molecule has 0 bridgehead atoms. The number of thioether (sulfide) groups is 1. The molecule has 0 radical (unpaired) electrons. The Morgan fingerprint density at radius 1 is 1.15 bits per heavy atom. The minimum absolute atomic E-state index is 0.830. The van der Waals surface area contributed by atoms with Crippen LogP contribution in [0.5, 0.6) is 0 Å². The SMILES string of the molecule is CCCC(C)CCCCSCCN. The van der Waals surface area contributed by atoms with Gasteiger partial charge in [0.15, 0.2) is 0 Å². The molecule has 2 N–H and O–H groups in total. The van der Waals surface area contributed by atoms with Gasteiger partial charge in [-0.25, -0.2) is 0 Å². The number of hydrogen-bond acceptors (Lipinski definition) is 2. The Labute approximate surface area is 87.9 Å². The van der Waals surface area contributed by atoms with E-state index in [0.717, 1.165) is 18.2 Å². The van der Waals surface area contributed by atoms with E-state index in [0.29, 0.717) is 0 Å². The van der Waals surface area contributed by atoms with E-state index in [4.69, 9.17) is 5.73 Å². The van der Waals surface area contributed by atoms with Crippen LogP contribution in [0.4, 0.5) is 0 Å². The van der Waals surface area contributed by atoms with Gasteiger partial charge < -0.3 is 5.73 Å². The molecule has 0 aliphatic heterocycles. The second-order valence-corrected chi connectivity index (χ2v) is 5.02. The lowest BCUT2D eigenvalue weighted by molar-refractivity contribution is 0.467. The Bertz CT molecular complexity index is 96.1. The molecule has 0 aromatic heterocycles. The van der Waals surface area contributed by atoms with E-state index in [9.17, 15) is 0 Å². The van der Waals surface area contributed by atoms with Crippen molar-refractivity contribution in [3.05, 3.63) is 0 Å². The summed E-state index contributed by atoms with van der Waals surface area (Å²) >= 11 is 1.99. The van der Waals surface area contributed by atoms with Crippen LogP contribution in [0.2, 0.25) is 0 Å². The molecule has 1 unspecified atom stereocenters. The van der Waals surface area contributed by atoms with Crippen LogP contribution in [0.1, 0.15) is 46.0 Å². The van der Waals surface area contributed by atoms with Gasteiger partial charge in [0, 0.05) is 12.3 Å². The highest BCUT2D eigenvalue weighted by molar-refractivity contribution is 7.99. The van der Waals surface area contributed by atoms with Gasteiger partial charge in [-0.2, -0.15) is 11.8 Å².